The van der Waals surface area contributed by atoms with Crippen molar-refractivity contribution in [2.75, 3.05) is 47.5 Å². The zero-order valence-electron chi connectivity index (χ0n) is 54.4. The molecule has 0 aliphatic carbocycles. The minimum Gasteiger partial charge on any atom is -0.756 e. The molecule has 0 aromatic heterocycles. The molecule has 0 heterocycles. The Kier molecular flexibility index (Phi) is 60.0. The molecule has 10 heteroatoms. The van der Waals surface area contributed by atoms with Crippen LogP contribution in [0.25, 0.3) is 0 Å². The van der Waals surface area contributed by atoms with Crippen molar-refractivity contribution >= 4 is 19.8 Å². The maximum atomic E-state index is 12.8. The van der Waals surface area contributed by atoms with Crippen LogP contribution in [0.4, 0.5) is 0 Å². The molecule has 2 atom stereocenters. The van der Waals surface area contributed by atoms with Gasteiger partial charge < -0.3 is 27.9 Å². The van der Waals surface area contributed by atoms with E-state index in [9.17, 15) is 19.0 Å². The van der Waals surface area contributed by atoms with Crippen LogP contribution < -0.4 is 4.89 Å². The van der Waals surface area contributed by atoms with Gasteiger partial charge in [-0.25, -0.2) is 0 Å². The first-order valence-electron chi connectivity index (χ1n) is 32.8. The second kappa shape index (κ2) is 64.1. The molecule has 0 bridgehead atoms. The Bertz CT molecular complexity index is 2200. The van der Waals surface area contributed by atoms with Crippen LogP contribution in [0.2, 0.25) is 0 Å². The summed E-state index contributed by atoms with van der Waals surface area (Å²) >= 11 is 0. The Morgan fingerprint density at radius 3 is 0.942 bits per heavy atom. The summed E-state index contributed by atoms with van der Waals surface area (Å²) in [5, 5.41) is 0. The maximum absolute atomic E-state index is 12.8. The summed E-state index contributed by atoms with van der Waals surface area (Å²) in [6.45, 7) is 3.92. The van der Waals surface area contributed by atoms with Crippen molar-refractivity contribution in [3.8, 4) is 0 Å². The molecule has 2 unspecified atom stereocenters. The van der Waals surface area contributed by atoms with Crippen LogP contribution in [0.5, 0.6) is 0 Å². The zero-order valence-corrected chi connectivity index (χ0v) is 55.3. The average molecular weight is 1200 g/mol. The molecule has 0 aliphatic rings. The Hall–Kier alpha value is -5.41. The van der Waals surface area contributed by atoms with Gasteiger partial charge in [0.1, 0.15) is 19.8 Å². The van der Waals surface area contributed by atoms with E-state index in [4.69, 9.17) is 18.5 Å². The summed E-state index contributed by atoms with van der Waals surface area (Å²) in [6.07, 6.45) is 102. The van der Waals surface area contributed by atoms with Gasteiger partial charge in [0.25, 0.3) is 7.82 Å². The third kappa shape index (κ3) is 67.7. The molecule has 0 saturated heterocycles. The lowest BCUT2D eigenvalue weighted by Crippen LogP contribution is -2.37. The molecule has 9 nitrogen and oxygen atoms in total. The number of rotatable bonds is 57. The van der Waals surface area contributed by atoms with E-state index in [1.54, 1.807) is 0 Å². The predicted molar refractivity (Wildman–Crippen MR) is 368 cm³/mol. The number of likely N-dealkylation sites (N-methyl/N-ethyl adjacent to an activating group) is 1. The van der Waals surface area contributed by atoms with Gasteiger partial charge in [-0.3, -0.25) is 14.2 Å². The lowest BCUT2D eigenvalue weighted by atomic mass is 10.1. The molecule has 0 fully saturated rings. The number of hydrogen-bond acceptors (Lipinski definition) is 8. The van der Waals surface area contributed by atoms with E-state index in [0.29, 0.717) is 23.9 Å². The van der Waals surface area contributed by atoms with E-state index >= 15 is 0 Å². The minimum atomic E-state index is -4.67. The number of phosphoric ester groups is 1. The number of carbonyl (C=O) groups is 2. The molecule has 86 heavy (non-hydrogen) atoms. The number of phosphoric acid groups is 1. The fourth-order valence-electron chi connectivity index (χ4n) is 7.84. The predicted octanol–water partition coefficient (Wildman–Crippen LogP) is 20.8. The molecule has 0 radical (unpaired) electrons. The van der Waals surface area contributed by atoms with E-state index in [1.165, 1.54) is 0 Å². The Morgan fingerprint density at radius 2 is 0.628 bits per heavy atom. The van der Waals surface area contributed by atoms with Crippen molar-refractivity contribution in [1.82, 2.24) is 0 Å². The fourth-order valence-corrected chi connectivity index (χ4v) is 8.57. The van der Waals surface area contributed by atoms with Crippen molar-refractivity contribution in [2.45, 2.75) is 213 Å². The molecule has 0 N–H and O–H groups in total. The number of allylic oxidation sites excluding steroid dienone is 34. The van der Waals surface area contributed by atoms with Crippen molar-refractivity contribution in [1.29, 1.82) is 0 Å². The lowest BCUT2D eigenvalue weighted by Gasteiger charge is -2.28. The van der Waals surface area contributed by atoms with Gasteiger partial charge in [0, 0.05) is 12.8 Å². The zero-order chi connectivity index (χ0) is 62.6. The quantitative estimate of drug-likeness (QED) is 0.0195. The van der Waals surface area contributed by atoms with Gasteiger partial charge in [-0.1, -0.05) is 253 Å². The Labute approximate surface area is 525 Å². The van der Waals surface area contributed by atoms with Crippen LogP contribution >= 0.6 is 7.82 Å². The molecular formula is C76H118NO8P. The first-order chi connectivity index (χ1) is 42.0. The maximum Gasteiger partial charge on any atom is 0.306 e. The second-order valence-corrected chi connectivity index (χ2v) is 23.4. The van der Waals surface area contributed by atoms with E-state index < -0.39 is 32.5 Å². The molecule has 0 saturated carbocycles. The summed E-state index contributed by atoms with van der Waals surface area (Å²) in [4.78, 5) is 38.0. The van der Waals surface area contributed by atoms with Gasteiger partial charge in [0.15, 0.2) is 6.10 Å². The SMILES string of the molecule is CC/C=C\C/C=C\C/C=C\C/C=C\C/C=C\C/C=C\C/C=C\C/C=C\C/C=C\C/C=C\C/C=C\CCCCCC(=O)OC(COC(=O)CCCCCCCC/C=C\C/C=C\C/C=C\C/C=C\C/C=C\C/C=C\CC)COP(=O)([O-])OCC[N+](C)(C)C. The van der Waals surface area contributed by atoms with Crippen molar-refractivity contribution < 1.29 is 42.1 Å². The van der Waals surface area contributed by atoms with Gasteiger partial charge in [-0.15, -0.1) is 0 Å². The van der Waals surface area contributed by atoms with E-state index in [2.05, 4.69) is 220 Å². The third-order valence-corrected chi connectivity index (χ3v) is 13.8. The van der Waals surface area contributed by atoms with Crippen LogP contribution in [-0.2, 0) is 32.7 Å². The van der Waals surface area contributed by atoms with Crippen LogP contribution in [0.1, 0.15) is 206 Å². The van der Waals surface area contributed by atoms with Gasteiger partial charge >= 0.3 is 11.9 Å². The van der Waals surface area contributed by atoms with Crippen molar-refractivity contribution in [3.63, 3.8) is 0 Å². The summed E-state index contributed by atoms with van der Waals surface area (Å²) in [5.41, 5.74) is 0. The van der Waals surface area contributed by atoms with E-state index in [0.717, 1.165) is 167 Å². The first kappa shape index (κ1) is 80.6. The highest BCUT2D eigenvalue weighted by Crippen LogP contribution is 2.38. The first-order valence-corrected chi connectivity index (χ1v) is 34.3. The van der Waals surface area contributed by atoms with Crippen molar-refractivity contribution in [2.24, 2.45) is 0 Å². The molecular weight excluding hydrogens is 1090 g/mol. The number of nitrogens with zero attached hydrogens (tertiary/aromatic N) is 1. The summed E-state index contributed by atoms with van der Waals surface area (Å²) in [7, 11) is 1.10. The number of quaternary nitrogens is 1. The summed E-state index contributed by atoms with van der Waals surface area (Å²) in [5.74, 6) is -0.908. The van der Waals surface area contributed by atoms with Crippen LogP contribution in [0.15, 0.2) is 207 Å². The molecule has 480 valence electrons. The minimum absolute atomic E-state index is 0.0531. The highest BCUT2D eigenvalue weighted by molar-refractivity contribution is 7.45. The summed E-state index contributed by atoms with van der Waals surface area (Å²) < 4.78 is 34.2. The van der Waals surface area contributed by atoms with E-state index in [-0.39, 0.29) is 26.1 Å². The highest BCUT2D eigenvalue weighted by Gasteiger charge is 2.22. The van der Waals surface area contributed by atoms with E-state index in [1.807, 2.05) is 21.1 Å². The monoisotopic (exact) mass is 1200 g/mol. The number of ether oxygens (including phenoxy) is 2. The molecule has 0 rings (SSSR count). The number of hydrogen-bond donors (Lipinski definition) is 0. The normalized spacial score (nSPS) is 14.5. The van der Waals surface area contributed by atoms with Gasteiger partial charge in [0.2, 0.25) is 0 Å². The molecule has 0 aromatic carbocycles. The van der Waals surface area contributed by atoms with Crippen LogP contribution in [0.3, 0.4) is 0 Å². The smallest absolute Gasteiger partial charge is 0.306 e. The third-order valence-electron chi connectivity index (χ3n) is 12.8. The molecule has 0 aromatic rings. The molecule has 0 aliphatic heterocycles. The Balaban J connectivity index is 4.29. The topological polar surface area (TPSA) is 111 Å². The average Bonchev–Trinajstić information content (AvgIpc) is 3.67. The largest absolute Gasteiger partial charge is 0.756 e. The second-order valence-electron chi connectivity index (χ2n) is 22.0. The van der Waals surface area contributed by atoms with Crippen LogP contribution in [-0.4, -0.2) is 70.0 Å². The highest BCUT2D eigenvalue weighted by atomic mass is 31.2. The van der Waals surface area contributed by atoms with Gasteiger partial charge in [0.05, 0.1) is 27.7 Å². The number of carbonyl (C=O) groups excluding carboxylic acids is 2. The lowest BCUT2D eigenvalue weighted by molar-refractivity contribution is -0.870. The standard InChI is InChI=1S/C76H118NO8P/c1-6-8-10-12-14-16-18-20-22-24-26-28-30-32-33-34-35-36-37-38-39-40-41-42-43-45-47-49-51-53-55-57-59-61-63-65-67-69-76(79)85-74(73-84-86(80,81)83-71-70-77(3,4)5)72-82-75(78)68-66-64-62-60-58-56-54-52-50-48-46-44-31-29-27-25-23-21-19-17-15-13-11-9-7-2/h8-11,14-17,20-23,26-29,32-33,35-36,38-39,41-42,44-47,50-53,57,59,74H,6-7,12-13,18-19,24-25,30-31,34,37,40,43,48-49,54-56,58,60-73H2,1-5H3/b10-8-,11-9-,16-14-,17-15-,22-20-,23-21-,28-26-,29-27-,33-32-,36-35-,39-38-,42-41-,46-44-,47-45-,52-50-,53-51-,59-57-. The number of unbranched alkanes of at least 4 members (excludes halogenated alkanes) is 9. The van der Waals surface area contributed by atoms with Gasteiger partial charge in [-0.2, -0.15) is 0 Å². The molecule has 0 spiro atoms. The van der Waals surface area contributed by atoms with Gasteiger partial charge in [-0.05, 0) is 148 Å². The molecule has 0 amide bonds. The Morgan fingerprint density at radius 1 is 0.360 bits per heavy atom. The number of esters is 2. The summed E-state index contributed by atoms with van der Waals surface area (Å²) in [6, 6.07) is 0. The van der Waals surface area contributed by atoms with Crippen LogP contribution in [0, 0.1) is 0 Å². The van der Waals surface area contributed by atoms with Crippen molar-refractivity contribution in [3.05, 3.63) is 207 Å². The fraction of sp³-hybridized carbons (Fsp3) is 0.526.